The Morgan fingerprint density at radius 1 is 1.00 bits per heavy atom. The van der Waals surface area contributed by atoms with E-state index in [0.29, 0.717) is 16.7 Å². The second kappa shape index (κ2) is 5.31. The van der Waals surface area contributed by atoms with Crippen molar-refractivity contribution in [1.82, 2.24) is 0 Å². The molecule has 0 saturated carbocycles. The molecule has 0 aliphatic rings. The van der Waals surface area contributed by atoms with Gasteiger partial charge in [0.15, 0.2) is 5.43 Å². The molecular formula is C17H14O3. The van der Waals surface area contributed by atoms with Crippen LogP contribution >= 0.6 is 0 Å². The summed E-state index contributed by atoms with van der Waals surface area (Å²) in [4.78, 5) is 12.0. The molecule has 1 N–H and O–H groups in total. The Labute approximate surface area is 116 Å². The van der Waals surface area contributed by atoms with E-state index >= 15 is 0 Å². The highest BCUT2D eigenvalue weighted by molar-refractivity contribution is 5.76. The third-order valence-corrected chi connectivity index (χ3v) is 3.26. The van der Waals surface area contributed by atoms with Crippen molar-refractivity contribution in [2.45, 2.75) is 12.5 Å². The number of fused-ring (bicyclic) bond motifs is 1. The minimum absolute atomic E-state index is 0.0814. The van der Waals surface area contributed by atoms with Gasteiger partial charge in [0.1, 0.15) is 11.3 Å². The minimum Gasteiger partial charge on any atom is -0.461 e. The molecule has 20 heavy (non-hydrogen) atoms. The van der Waals surface area contributed by atoms with Gasteiger partial charge in [0.25, 0.3) is 0 Å². The lowest BCUT2D eigenvalue weighted by Gasteiger charge is -2.10. The summed E-state index contributed by atoms with van der Waals surface area (Å²) in [5.41, 5.74) is 1.28. The largest absolute Gasteiger partial charge is 0.461 e. The molecule has 3 heteroatoms. The topological polar surface area (TPSA) is 50.4 Å². The molecule has 0 saturated heterocycles. The highest BCUT2D eigenvalue weighted by Gasteiger charge is 2.11. The Morgan fingerprint density at radius 3 is 2.50 bits per heavy atom. The first kappa shape index (κ1) is 12.6. The predicted octanol–water partition coefficient (Wildman–Crippen LogP) is 3.07. The van der Waals surface area contributed by atoms with Gasteiger partial charge in [-0.15, -0.1) is 0 Å². The zero-order valence-corrected chi connectivity index (χ0v) is 10.8. The summed E-state index contributed by atoms with van der Waals surface area (Å²) in [6.45, 7) is 0. The molecule has 0 aliphatic heterocycles. The van der Waals surface area contributed by atoms with Crippen molar-refractivity contribution in [3.63, 3.8) is 0 Å². The molecule has 0 radical (unpaired) electrons. The monoisotopic (exact) mass is 266 g/mol. The summed E-state index contributed by atoms with van der Waals surface area (Å²) in [6.07, 6.45) is -0.398. The highest BCUT2D eigenvalue weighted by atomic mass is 16.3. The molecule has 1 unspecified atom stereocenters. The Morgan fingerprint density at radius 2 is 1.70 bits per heavy atom. The molecule has 2 aromatic carbocycles. The van der Waals surface area contributed by atoms with Crippen LogP contribution in [-0.4, -0.2) is 5.11 Å². The summed E-state index contributed by atoms with van der Waals surface area (Å²) in [5.74, 6) is 0.491. The van der Waals surface area contributed by atoms with Crippen molar-refractivity contribution in [3.8, 4) is 0 Å². The number of para-hydroxylation sites is 1. The fourth-order valence-corrected chi connectivity index (χ4v) is 2.24. The molecule has 0 aliphatic carbocycles. The van der Waals surface area contributed by atoms with Crippen molar-refractivity contribution in [2.75, 3.05) is 0 Å². The van der Waals surface area contributed by atoms with E-state index in [9.17, 15) is 9.90 Å². The molecule has 100 valence electrons. The molecular weight excluding hydrogens is 252 g/mol. The Balaban J connectivity index is 1.93. The summed E-state index contributed by atoms with van der Waals surface area (Å²) in [5, 5.41) is 10.7. The van der Waals surface area contributed by atoms with Crippen LogP contribution in [0.3, 0.4) is 0 Å². The standard InChI is InChI=1S/C17H14O3/c18-15(12-6-2-1-3-7-12)10-13-11-16(19)14-8-4-5-9-17(14)20-13/h1-9,11,15,18H,10H2. The van der Waals surface area contributed by atoms with Crippen LogP contribution in [0.5, 0.6) is 0 Å². The van der Waals surface area contributed by atoms with E-state index < -0.39 is 6.10 Å². The summed E-state index contributed by atoms with van der Waals surface area (Å²) < 4.78 is 5.67. The molecule has 0 fully saturated rings. The number of hydrogen-bond donors (Lipinski definition) is 1. The maximum absolute atomic E-state index is 12.0. The van der Waals surface area contributed by atoms with E-state index in [1.165, 1.54) is 6.07 Å². The lowest BCUT2D eigenvalue weighted by atomic mass is 10.0. The number of aliphatic hydroxyl groups is 1. The van der Waals surface area contributed by atoms with Crippen LogP contribution in [0, 0.1) is 0 Å². The molecule has 1 atom stereocenters. The van der Waals surface area contributed by atoms with Gasteiger partial charge in [-0.25, -0.2) is 0 Å². The fraction of sp³-hybridized carbons (Fsp3) is 0.118. The third-order valence-electron chi connectivity index (χ3n) is 3.26. The van der Waals surface area contributed by atoms with E-state index in [1.807, 2.05) is 36.4 Å². The van der Waals surface area contributed by atoms with Crippen molar-refractivity contribution in [2.24, 2.45) is 0 Å². The predicted molar refractivity (Wildman–Crippen MR) is 77.6 cm³/mol. The lowest BCUT2D eigenvalue weighted by molar-refractivity contribution is 0.171. The van der Waals surface area contributed by atoms with Crippen LogP contribution < -0.4 is 5.43 Å². The second-order valence-electron chi connectivity index (χ2n) is 4.70. The molecule has 3 rings (SSSR count). The Bertz CT molecular complexity index is 775. The van der Waals surface area contributed by atoms with Gasteiger partial charge in [-0.2, -0.15) is 0 Å². The Kier molecular flexibility index (Phi) is 3.35. The first-order valence-electron chi connectivity index (χ1n) is 6.49. The lowest BCUT2D eigenvalue weighted by Crippen LogP contribution is -2.06. The normalized spacial score (nSPS) is 12.4. The number of benzene rings is 2. The molecule has 1 aromatic heterocycles. The van der Waals surface area contributed by atoms with Crippen LogP contribution in [0.15, 0.2) is 69.9 Å². The zero-order chi connectivity index (χ0) is 13.9. The van der Waals surface area contributed by atoms with Crippen molar-refractivity contribution < 1.29 is 9.52 Å². The van der Waals surface area contributed by atoms with Crippen molar-refractivity contribution >= 4 is 11.0 Å². The van der Waals surface area contributed by atoms with E-state index in [1.54, 1.807) is 18.2 Å². The van der Waals surface area contributed by atoms with Crippen LogP contribution in [0.2, 0.25) is 0 Å². The van der Waals surface area contributed by atoms with Gasteiger partial charge in [0.05, 0.1) is 11.5 Å². The first-order valence-corrected chi connectivity index (χ1v) is 6.49. The van der Waals surface area contributed by atoms with Gasteiger partial charge < -0.3 is 9.52 Å². The SMILES string of the molecule is O=c1cc(CC(O)c2ccccc2)oc2ccccc12. The third kappa shape index (κ3) is 2.49. The number of hydrogen-bond acceptors (Lipinski definition) is 3. The average Bonchev–Trinajstić information content (AvgIpc) is 2.48. The smallest absolute Gasteiger partial charge is 0.192 e. The molecule has 0 amide bonds. The fourth-order valence-electron chi connectivity index (χ4n) is 2.24. The first-order chi connectivity index (χ1) is 9.74. The molecule has 0 spiro atoms. The van der Waals surface area contributed by atoms with Gasteiger partial charge in [-0.05, 0) is 17.7 Å². The van der Waals surface area contributed by atoms with Gasteiger partial charge >= 0.3 is 0 Å². The zero-order valence-electron chi connectivity index (χ0n) is 10.8. The molecule has 3 aromatic rings. The second-order valence-corrected chi connectivity index (χ2v) is 4.70. The van der Waals surface area contributed by atoms with Crippen LogP contribution in [0.4, 0.5) is 0 Å². The van der Waals surface area contributed by atoms with Gasteiger partial charge in [0.2, 0.25) is 0 Å². The maximum atomic E-state index is 12.0. The van der Waals surface area contributed by atoms with Crippen LogP contribution in [0.25, 0.3) is 11.0 Å². The molecule has 3 nitrogen and oxygen atoms in total. The van der Waals surface area contributed by atoms with E-state index in [0.717, 1.165) is 5.56 Å². The number of rotatable bonds is 3. The summed E-state index contributed by atoms with van der Waals surface area (Å²) >= 11 is 0. The molecule has 1 heterocycles. The van der Waals surface area contributed by atoms with E-state index in [-0.39, 0.29) is 11.8 Å². The summed E-state index contributed by atoms with van der Waals surface area (Å²) in [6, 6.07) is 17.9. The maximum Gasteiger partial charge on any atom is 0.192 e. The van der Waals surface area contributed by atoms with Gasteiger partial charge in [-0.3, -0.25) is 4.79 Å². The highest BCUT2D eigenvalue weighted by Crippen LogP contribution is 2.19. The quantitative estimate of drug-likeness (QED) is 0.792. The van der Waals surface area contributed by atoms with Crippen molar-refractivity contribution in [1.29, 1.82) is 0 Å². The van der Waals surface area contributed by atoms with Gasteiger partial charge in [-0.1, -0.05) is 42.5 Å². The Hall–Kier alpha value is -2.39. The average molecular weight is 266 g/mol. The molecule has 0 bridgehead atoms. The van der Waals surface area contributed by atoms with E-state index in [2.05, 4.69) is 0 Å². The van der Waals surface area contributed by atoms with Crippen LogP contribution in [0.1, 0.15) is 17.4 Å². The van der Waals surface area contributed by atoms with Crippen LogP contribution in [-0.2, 0) is 6.42 Å². The minimum atomic E-state index is -0.680. The summed E-state index contributed by atoms with van der Waals surface area (Å²) in [7, 11) is 0. The van der Waals surface area contributed by atoms with Crippen molar-refractivity contribution in [3.05, 3.63) is 82.2 Å². The number of aliphatic hydroxyl groups excluding tert-OH is 1. The van der Waals surface area contributed by atoms with E-state index in [4.69, 9.17) is 4.42 Å². The van der Waals surface area contributed by atoms with Gasteiger partial charge in [0, 0.05) is 12.5 Å².